The molecule has 3 N–H and O–H groups in total. The molecule has 4 nitrogen and oxygen atoms in total. The Morgan fingerprint density at radius 2 is 1.83 bits per heavy atom. The number of aryl methyl sites for hydroxylation is 1. The minimum Gasteiger partial charge on any atom is -0.506 e. The van der Waals surface area contributed by atoms with E-state index >= 15 is 0 Å². The summed E-state index contributed by atoms with van der Waals surface area (Å²) in [5, 5.41) is 9.41. The molecular formula is C14H12N2O2. The second kappa shape index (κ2) is 3.77. The predicted molar refractivity (Wildman–Crippen MR) is 70.3 cm³/mol. The average molecular weight is 240 g/mol. The Morgan fingerprint density at radius 1 is 1.11 bits per heavy atom. The second-order valence-electron chi connectivity index (χ2n) is 4.19. The standard InChI is InChI=1S/C14H12N2O2/c1-8-16-12-7-10(3-5-14(12)18-8)9-2-4-13(17)11(15)6-9/h2-7,17H,15H2,1H3. The van der Waals surface area contributed by atoms with Crippen LogP contribution >= 0.6 is 0 Å². The first kappa shape index (κ1) is 10.7. The Morgan fingerprint density at radius 3 is 2.61 bits per heavy atom. The Hall–Kier alpha value is -2.49. The molecule has 18 heavy (non-hydrogen) atoms. The molecule has 0 aliphatic rings. The number of hydrogen-bond donors (Lipinski definition) is 2. The van der Waals surface area contributed by atoms with Crippen molar-refractivity contribution in [3.8, 4) is 16.9 Å². The third-order valence-electron chi connectivity index (χ3n) is 2.86. The molecule has 0 aliphatic heterocycles. The molecule has 3 rings (SSSR count). The molecular weight excluding hydrogens is 228 g/mol. The highest BCUT2D eigenvalue weighted by Gasteiger charge is 2.06. The van der Waals surface area contributed by atoms with Gasteiger partial charge in [0.25, 0.3) is 0 Å². The van der Waals surface area contributed by atoms with Gasteiger partial charge >= 0.3 is 0 Å². The number of benzene rings is 2. The summed E-state index contributed by atoms with van der Waals surface area (Å²) in [4.78, 5) is 4.29. The molecule has 2 aromatic carbocycles. The zero-order valence-electron chi connectivity index (χ0n) is 9.84. The van der Waals surface area contributed by atoms with Crippen LogP contribution < -0.4 is 5.73 Å². The zero-order valence-corrected chi connectivity index (χ0v) is 9.84. The first-order valence-electron chi connectivity index (χ1n) is 5.59. The van der Waals surface area contributed by atoms with Gasteiger partial charge in [0.2, 0.25) is 0 Å². The van der Waals surface area contributed by atoms with Crippen molar-refractivity contribution >= 4 is 16.8 Å². The van der Waals surface area contributed by atoms with Crippen LogP contribution in [0.3, 0.4) is 0 Å². The van der Waals surface area contributed by atoms with E-state index in [0.29, 0.717) is 11.6 Å². The molecule has 3 aromatic rings. The normalized spacial score (nSPS) is 10.9. The van der Waals surface area contributed by atoms with Crippen molar-refractivity contribution in [3.05, 3.63) is 42.3 Å². The lowest BCUT2D eigenvalue weighted by molar-refractivity contribution is 0.478. The van der Waals surface area contributed by atoms with E-state index in [1.165, 1.54) is 0 Å². The fourth-order valence-electron chi connectivity index (χ4n) is 1.96. The maximum atomic E-state index is 9.41. The molecule has 0 bridgehead atoms. The average Bonchev–Trinajstić information content (AvgIpc) is 2.71. The smallest absolute Gasteiger partial charge is 0.192 e. The van der Waals surface area contributed by atoms with Gasteiger partial charge in [0.05, 0.1) is 5.69 Å². The summed E-state index contributed by atoms with van der Waals surface area (Å²) in [7, 11) is 0. The predicted octanol–water partition coefficient (Wildman–Crippen LogP) is 3.09. The van der Waals surface area contributed by atoms with Crippen LogP contribution in [0.1, 0.15) is 5.89 Å². The van der Waals surface area contributed by atoms with Gasteiger partial charge in [0.15, 0.2) is 11.5 Å². The first-order chi connectivity index (χ1) is 8.63. The van der Waals surface area contributed by atoms with Gasteiger partial charge < -0.3 is 15.3 Å². The van der Waals surface area contributed by atoms with Gasteiger partial charge in [-0.05, 0) is 35.4 Å². The van der Waals surface area contributed by atoms with E-state index in [1.807, 2.05) is 31.2 Å². The summed E-state index contributed by atoms with van der Waals surface area (Å²) in [6, 6.07) is 10.9. The number of phenolic OH excluding ortho intramolecular Hbond substituents is 1. The number of nitrogens with two attached hydrogens (primary N) is 1. The number of oxazole rings is 1. The topological polar surface area (TPSA) is 72.3 Å². The summed E-state index contributed by atoms with van der Waals surface area (Å²) in [6.45, 7) is 1.82. The van der Waals surface area contributed by atoms with Gasteiger partial charge in [-0.2, -0.15) is 0 Å². The van der Waals surface area contributed by atoms with Crippen LogP contribution in [0, 0.1) is 6.92 Å². The maximum Gasteiger partial charge on any atom is 0.192 e. The molecule has 1 heterocycles. The number of phenols is 1. The van der Waals surface area contributed by atoms with E-state index in [4.69, 9.17) is 10.2 Å². The molecule has 0 aliphatic carbocycles. The maximum absolute atomic E-state index is 9.41. The van der Waals surface area contributed by atoms with Crippen molar-refractivity contribution in [1.82, 2.24) is 4.98 Å². The lowest BCUT2D eigenvalue weighted by Crippen LogP contribution is -1.86. The number of rotatable bonds is 1. The zero-order chi connectivity index (χ0) is 12.7. The van der Waals surface area contributed by atoms with E-state index < -0.39 is 0 Å². The molecule has 0 saturated heterocycles. The van der Waals surface area contributed by atoms with Crippen molar-refractivity contribution in [2.24, 2.45) is 0 Å². The SMILES string of the molecule is Cc1nc2cc(-c3ccc(O)c(N)c3)ccc2o1. The van der Waals surface area contributed by atoms with Crippen LogP contribution in [-0.2, 0) is 0 Å². The number of fused-ring (bicyclic) bond motifs is 1. The molecule has 0 fully saturated rings. The van der Waals surface area contributed by atoms with E-state index in [-0.39, 0.29) is 5.75 Å². The fourth-order valence-corrected chi connectivity index (χ4v) is 1.96. The van der Waals surface area contributed by atoms with Crippen LogP contribution in [0.25, 0.3) is 22.2 Å². The Labute approximate surface area is 104 Å². The van der Waals surface area contributed by atoms with Crippen LogP contribution in [-0.4, -0.2) is 10.1 Å². The van der Waals surface area contributed by atoms with E-state index in [0.717, 1.165) is 22.2 Å². The second-order valence-corrected chi connectivity index (χ2v) is 4.19. The quantitative estimate of drug-likeness (QED) is 0.506. The van der Waals surface area contributed by atoms with Crippen LogP contribution in [0.15, 0.2) is 40.8 Å². The van der Waals surface area contributed by atoms with Gasteiger partial charge in [-0.3, -0.25) is 0 Å². The summed E-state index contributed by atoms with van der Waals surface area (Å²) >= 11 is 0. The molecule has 0 atom stereocenters. The highest BCUT2D eigenvalue weighted by Crippen LogP contribution is 2.29. The summed E-state index contributed by atoms with van der Waals surface area (Å²) in [5.41, 5.74) is 9.56. The Bertz CT molecular complexity index is 732. The van der Waals surface area contributed by atoms with Crippen molar-refractivity contribution in [1.29, 1.82) is 0 Å². The minimum atomic E-state index is 0.0945. The first-order valence-corrected chi connectivity index (χ1v) is 5.59. The third kappa shape index (κ3) is 1.68. The van der Waals surface area contributed by atoms with Gasteiger partial charge in [-0.15, -0.1) is 0 Å². The monoisotopic (exact) mass is 240 g/mol. The summed E-state index contributed by atoms with van der Waals surface area (Å²) in [5.74, 6) is 0.740. The fraction of sp³-hybridized carbons (Fsp3) is 0.0714. The van der Waals surface area contributed by atoms with Gasteiger partial charge in [0, 0.05) is 6.92 Å². The molecule has 1 aromatic heterocycles. The minimum absolute atomic E-state index is 0.0945. The molecule has 4 heteroatoms. The molecule has 0 unspecified atom stereocenters. The van der Waals surface area contributed by atoms with Crippen LogP contribution in [0.4, 0.5) is 5.69 Å². The lowest BCUT2D eigenvalue weighted by Gasteiger charge is -2.04. The van der Waals surface area contributed by atoms with Crippen molar-refractivity contribution in [2.75, 3.05) is 5.73 Å². The molecule has 0 radical (unpaired) electrons. The third-order valence-corrected chi connectivity index (χ3v) is 2.86. The summed E-state index contributed by atoms with van der Waals surface area (Å²) < 4.78 is 5.43. The number of aromatic nitrogens is 1. The van der Waals surface area contributed by atoms with Gasteiger partial charge in [-0.1, -0.05) is 12.1 Å². The number of hydrogen-bond acceptors (Lipinski definition) is 4. The van der Waals surface area contributed by atoms with E-state index in [2.05, 4.69) is 4.98 Å². The molecule has 0 saturated carbocycles. The molecule has 0 amide bonds. The number of anilines is 1. The van der Waals surface area contributed by atoms with E-state index in [1.54, 1.807) is 12.1 Å². The molecule has 90 valence electrons. The highest BCUT2D eigenvalue weighted by molar-refractivity contribution is 5.81. The summed E-state index contributed by atoms with van der Waals surface area (Å²) in [6.07, 6.45) is 0. The van der Waals surface area contributed by atoms with Crippen LogP contribution in [0.2, 0.25) is 0 Å². The van der Waals surface area contributed by atoms with Crippen molar-refractivity contribution in [2.45, 2.75) is 6.92 Å². The lowest BCUT2D eigenvalue weighted by atomic mass is 10.0. The number of nitrogens with zero attached hydrogens (tertiary/aromatic N) is 1. The van der Waals surface area contributed by atoms with Crippen LogP contribution in [0.5, 0.6) is 5.75 Å². The van der Waals surface area contributed by atoms with E-state index in [9.17, 15) is 5.11 Å². The Balaban J connectivity index is 2.15. The van der Waals surface area contributed by atoms with Crippen molar-refractivity contribution in [3.63, 3.8) is 0 Å². The largest absolute Gasteiger partial charge is 0.506 e. The van der Waals surface area contributed by atoms with Gasteiger partial charge in [0.1, 0.15) is 11.3 Å². The van der Waals surface area contributed by atoms with Crippen molar-refractivity contribution < 1.29 is 9.52 Å². The highest BCUT2D eigenvalue weighted by atomic mass is 16.3. The molecule has 0 spiro atoms. The van der Waals surface area contributed by atoms with Gasteiger partial charge in [-0.25, -0.2) is 4.98 Å². The Kier molecular flexibility index (Phi) is 2.23. The number of aromatic hydroxyl groups is 1. The number of nitrogen functional groups attached to an aromatic ring is 1.